The van der Waals surface area contributed by atoms with Crippen LogP contribution in [-0.2, 0) is 22.6 Å². The second-order valence-corrected chi connectivity index (χ2v) is 8.85. The highest BCUT2D eigenvalue weighted by Crippen LogP contribution is 2.31. The number of thiophene rings is 1. The van der Waals surface area contributed by atoms with Gasteiger partial charge in [0.05, 0.1) is 6.42 Å². The molecule has 5 heteroatoms. The van der Waals surface area contributed by atoms with E-state index in [0.717, 1.165) is 21.6 Å². The number of anilines is 1. The van der Waals surface area contributed by atoms with Crippen LogP contribution in [0.15, 0.2) is 102 Å². The normalized spacial score (nSPS) is 11.5. The smallest absolute Gasteiger partial charge is 0.248 e. The minimum absolute atomic E-state index is 0.119. The highest BCUT2D eigenvalue weighted by Gasteiger charge is 2.33. The predicted octanol–water partition coefficient (Wildman–Crippen LogP) is 5.69. The molecule has 0 aliphatic rings. The summed E-state index contributed by atoms with van der Waals surface area (Å²) in [6, 6.07) is 30.1. The molecule has 166 valence electrons. The van der Waals surface area contributed by atoms with Crippen LogP contribution in [0.5, 0.6) is 0 Å². The molecule has 0 unspecified atom stereocenters. The third kappa shape index (κ3) is 5.57. The molecule has 4 nitrogen and oxygen atoms in total. The average Bonchev–Trinajstić information content (AvgIpc) is 3.36. The van der Waals surface area contributed by atoms with E-state index in [4.69, 9.17) is 0 Å². The molecule has 1 N–H and O–H groups in total. The van der Waals surface area contributed by atoms with Gasteiger partial charge in [0, 0.05) is 17.1 Å². The molecule has 3 aromatic carbocycles. The molecular formula is C28H26N2O2S. The first-order valence-electron chi connectivity index (χ1n) is 10.9. The van der Waals surface area contributed by atoms with Gasteiger partial charge in [0.2, 0.25) is 11.8 Å². The Balaban J connectivity index is 1.73. The number of aryl methyl sites for hydroxylation is 1. The fourth-order valence-electron chi connectivity index (χ4n) is 3.85. The Hall–Kier alpha value is -3.70. The summed E-state index contributed by atoms with van der Waals surface area (Å²) in [4.78, 5) is 30.0. The second-order valence-electron chi connectivity index (χ2n) is 7.82. The Morgan fingerprint density at radius 3 is 2.18 bits per heavy atom. The lowest BCUT2D eigenvalue weighted by atomic mass is 9.97. The topological polar surface area (TPSA) is 49.4 Å². The van der Waals surface area contributed by atoms with E-state index in [9.17, 15) is 9.59 Å². The van der Waals surface area contributed by atoms with Gasteiger partial charge in [0.15, 0.2) is 0 Å². The monoisotopic (exact) mass is 454 g/mol. The molecule has 0 saturated heterocycles. The van der Waals surface area contributed by atoms with Gasteiger partial charge in [-0.3, -0.25) is 14.5 Å². The summed E-state index contributed by atoms with van der Waals surface area (Å²) in [7, 11) is 0. The zero-order valence-electron chi connectivity index (χ0n) is 18.5. The van der Waals surface area contributed by atoms with Crippen molar-refractivity contribution < 1.29 is 9.59 Å². The number of para-hydroxylation sites is 1. The largest absolute Gasteiger partial charge is 0.350 e. The molecule has 4 rings (SSSR count). The standard InChI is InChI=1S/C28H26N2O2S/c1-21-11-8-9-17-25(21)27(28(32)29-20-22-12-4-2-5-13-22)30(23-14-6-3-7-15-23)26(31)19-24-16-10-18-33-24/h2-18,27H,19-20H2,1H3,(H,29,32)/t27-/m1/s1. The summed E-state index contributed by atoms with van der Waals surface area (Å²) >= 11 is 1.54. The first-order chi connectivity index (χ1) is 16.1. The Kier molecular flexibility index (Phi) is 7.33. The zero-order valence-corrected chi connectivity index (χ0v) is 19.3. The van der Waals surface area contributed by atoms with Crippen molar-refractivity contribution in [2.75, 3.05) is 4.90 Å². The number of carbonyl (C=O) groups is 2. The summed E-state index contributed by atoms with van der Waals surface area (Å²) in [6.07, 6.45) is 0.237. The molecule has 0 saturated carbocycles. The summed E-state index contributed by atoms with van der Waals surface area (Å²) in [6.45, 7) is 2.36. The molecular weight excluding hydrogens is 428 g/mol. The lowest BCUT2D eigenvalue weighted by Crippen LogP contribution is -2.44. The van der Waals surface area contributed by atoms with Crippen molar-refractivity contribution in [1.82, 2.24) is 5.32 Å². The van der Waals surface area contributed by atoms with Crippen LogP contribution in [-0.4, -0.2) is 11.8 Å². The van der Waals surface area contributed by atoms with Gasteiger partial charge in [0.1, 0.15) is 6.04 Å². The van der Waals surface area contributed by atoms with E-state index >= 15 is 0 Å². The Labute approximate surface area is 198 Å². The highest BCUT2D eigenvalue weighted by atomic mass is 32.1. The molecule has 1 aromatic heterocycles. The third-order valence-electron chi connectivity index (χ3n) is 5.51. The molecule has 0 aliphatic heterocycles. The molecule has 0 bridgehead atoms. The fraction of sp³-hybridized carbons (Fsp3) is 0.143. The van der Waals surface area contributed by atoms with Crippen LogP contribution in [0, 0.1) is 6.92 Å². The maximum absolute atomic E-state index is 13.7. The van der Waals surface area contributed by atoms with E-state index < -0.39 is 6.04 Å². The number of nitrogens with one attached hydrogen (secondary N) is 1. The number of carbonyl (C=O) groups excluding carboxylic acids is 2. The van der Waals surface area contributed by atoms with Crippen molar-refractivity contribution in [3.63, 3.8) is 0 Å². The number of nitrogens with zero attached hydrogens (tertiary/aromatic N) is 1. The number of hydrogen-bond acceptors (Lipinski definition) is 3. The highest BCUT2D eigenvalue weighted by molar-refractivity contribution is 7.10. The van der Waals surface area contributed by atoms with Crippen LogP contribution >= 0.6 is 11.3 Å². The van der Waals surface area contributed by atoms with Gasteiger partial charge in [0.25, 0.3) is 0 Å². The van der Waals surface area contributed by atoms with Crippen molar-refractivity contribution >= 4 is 28.8 Å². The molecule has 0 fully saturated rings. The van der Waals surface area contributed by atoms with Gasteiger partial charge in [-0.25, -0.2) is 0 Å². The third-order valence-corrected chi connectivity index (χ3v) is 6.38. The molecule has 1 atom stereocenters. The van der Waals surface area contributed by atoms with Crippen LogP contribution in [0.3, 0.4) is 0 Å². The zero-order chi connectivity index (χ0) is 23.0. The van der Waals surface area contributed by atoms with Crippen LogP contribution in [0.1, 0.15) is 27.6 Å². The van der Waals surface area contributed by atoms with Gasteiger partial charge in [-0.15, -0.1) is 11.3 Å². The van der Waals surface area contributed by atoms with Crippen molar-refractivity contribution in [2.24, 2.45) is 0 Å². The predicted molar refractivity (Wildman–Crippen MR) is 134 cm³/mol. The Morgan fingerprint density at radius 2 is 1.52 bits per heavy atom. The van der Waals surface area contributed by atoms with Gasteiger partial charge in [-0.05, 0) is 47.2 Å². The number of hydrogen-bond donors (Lipinski definition) is 1. The first kappa shape index (κ1) is 22.5. The van der Waals surface area contributed by atoms with Crippen LogP contribution in [0.25, 0.3) is 0 Å². The Morgan fingerprint density at radius 1 is 0.848 bits per heavy atom. The van der Waals surface area contributed by atoms with Gasteiger partial charge in [-0.1, -0.05) is 78.9 Å². The molecule has 1 heterocycles. The van der Waals surface area contributed by atoms with Crippen LogP contribution in [0.2, 0.25) is 0 Å². The van der Waals surface area contributed by atoms with Crippen molar-refractivity contribution in [1.29, 1.82) is 0 Å². The van der Waals surface area contributed by atoms with E-state index in [2.05, 4.69) is 5.32 Å². The molecule has 4 aromatic rings. The summed E-state index contributed by atoms with van der Waals surface area (Å²) in [5.74, 6) is -0.330. The lowest BCUT2D eigenvalue weighted by Gasteiger charge is -2.32. The number of amides is 2. The minimum Gasteiger partial charge on any atom is -0.350 e. The first-order valence-corrected chi connectivity index (χ1v) is 11.8. The molecule has 0 spiro atoms. The molecule has 2 amide bonds. The van der Waals surface area contributed by atoms with E-state index in [0.29, 0.717) is 12.2 Å². The Bertz CT molecular complexity index is 1190. The van der Waals surface area contributed by atoms with E-state index in [1.165, 1.54) is 0 Å². The summed E-state index contributed by atoms with van der Waals surface area (Å²) in [5.41, 5.74) is 3.47. The lowest BCUT2D eigenvalue weighted by molar-refractivity contribution is -0.126. The average molecular weight is 455 g/mol. The van der Waals surface area contributed by atoms with Crippen molar-refractivity contribution in [3.05, 3.63) is 124 Å². The number of rotatable bonds is 8. The van der Waals surface area contributed by atoms with E-state index in [-0.39, 0.29) is 18.2 Å². The SMILES string of the molecule is Cc1ccccc1[C@H](C(=O)NCc1ccccc1)N(C(=O)Cc1cccs1)c1ccccc1. The quantitative estimate of drug-likeness (QED) is 0.372. The fourth-order valence-corrected chi connectivity index (χ4v) is 4.54. The van der Waals surface area contributed by atoms with Gasteiger partial charge in [-0.2, -0.15) is 0 Å². The molecule has 0 aliphatic carbocycles. The maximum atomic E-state index is 13.7. The second kappa shape index (κ2) is 10.7. The van der Waals surface area contributed by atoms with Gasteiger partial charge >= 0.3 is 0 Å². The minimum atomic E-state index is -0.787. The molecule has 0 radical (unpaired) electrons. The summed E-state index contributed by atoms with van der Waals surface area (Å²) in [5, 5.41) is 5.02. The van der Waals surface area contributed by atoms with E-state index in [1.807, 2.05) is 109 Å². The number of benzene rings is 3. The van der Waals surface area contributed by atoms with Crippen LogP contribution in [0.4, 0.5) is 5.69 Å². The molecule has 33 heavy (non-hydrogen) atoms. The van der Waals surface area contributed by atoms with Crippen molar-refractivity contribution in [2.45, 2.75) is 25.9 Å². The van der Waals surface area contributed by atoms with Crippen LogP contribution < -0.4 is 10.2 Å². The van der Waals surface area contributed by atoms with E-state index in [1.54, 1.807) is 16.2 Å². The maximum Gasteiger partial charge on any atom is 0.248 e. The summed E-state index contributed by atoms with van der Waals surface area (Å²) < 4.78 is 0. The van der Waals surface area contributed by atoms with Crippen molar-refractivity contribution in [3.8, 4) is 0 Å². The van der Waals surface area contributed by atoms with Gasteiger partial charge < -0.3 is 5.32 Å².